The molecular formula is C41H77N7S. The Labute approximate surface area is 308 Å². The van der Waals surface area contributed by atoms with E-state index in [9.17, 15) is 0 Å². The van der Waals surface area contributed by atoms with Crippen LogP contribution < -0.4 is 15.6 Å². The van der Waals surface area contributed by atoms with Crippen molar-refractivity contribution in [3.63, 3.8) is 0 Å². The van der Waals surface area contributed by atoms with Gasteiger partial charge >= 0.3 is 0 Å². The fourth-order valence-corrected chi connectivity index (χ4v) is 5.37. The average molecular weight is 700 g/mol. The number of anilines is 2. The minimum atomic E-state index is 0.212. The summed E-state index contributed by atoms with van der Waals surface area (Å²) in [5, 5.41) is 16.6. The molecule has 0 spiro atoms. The van der Waals surface area contributed by atoms with E-state index in [0.29, 0.717) is 6.04 Å². The summed E-state index contributed by atoms with van der Waals surface area (Å²) in [6, 6.07) is 9.58. The van der Waals surface area contributed by atoms with E-state index in [0.717, 1.165) is 61.3 Å². The van der Waals surface area contributed by atoms with Gasteiger partial charge in [-0.05, 0) is 84.1 Å². The third kappa shape index (κ3) is 16.0. The fourth-order valence-electron chi connectivity index (χ4n) is 5.37. The number of aromatic nitrogens is 2. The second-order valence-electron chi connectivity index (χ2n) is 13.4. The molecule has 2 N–H and O–H groups in total. The maximum absolute atomic E-state index is 5.15. The molecule has 4 rings (SSSR count). The van der Waals surface area contributed by atoms with Crippen molar-refractivity contribution in [1.82, 2.24) is 25.0 Å². The number of nitrogens with zero attached hydrogens (tertiary/aromatic N) is 5. The van der Waals surface area contributed by atoms with E-state index < -0.39 is 0 Å². The molecule has 0 amide bonds. The average Bonchev–Trinajstić information content (AvgIpc) is 3.76. The number of hydrazine groups is 1. The Balaban J connectivity index is 0.00000141. The predicted molar refractivity (Wildman–Crippen MR) is 225 cm³/mol. The number of thioether (sulfide) groups is 1. The molecule has 282 valence electrons. The Hall–Kier alpha value is -2.42. The highest BCUT2D eigenvalue weighted by Gasteiger charge is 2.31. The summed E-state index contributed by atoms with van der Waals surface area (Å²) in [6.45, 7) is 29.0. The second-order valence-corrected chi connectivity index (χ2v) is 14.3. The molecule has 1 aromatic carbocycles. The number of hydrogen-bond acceptors (Lipinski definition) is 7. The third-order valence-electron chi connectivity index (χ3n) is 8.71. The molecule has 2 aliphatic heterocycles. The van der Waals surface area contributed by atoms with Gasteiger partial charge in [0.25, 0.3) is 0 Å². The molecule has 49 heavy (non-hydrogen) atoms. The van der Waals surface area contributed by atoms with Crippen molar-refractivity contribution in [2.75, 3.05) is 63.6 Å². The van der Waals surface area contributed by atoms with Crippen LogP contribution in [0.25, 0.3) is 11.9 Å². The van der Waals surface area contributed by atoms with Gasteiger partial charge in [-0.2, -0.15) is 16.9 Å². The van der Waals surface area contributed by atoms with Gasteiger partial charge in [-0.25, -0.2) is 9.69 Å². The van der Waals surface area contributed by atoms with Gasteiger partial charge in [0.1, 0.15) is 5.82 Å². The van der Waals surface area contributed by atoms with Crippen molar-refractivity contribution in [3.8, 4) is 0 Å². The molecule has 0 aliphatic carbocycles. The summed E-state index contributed by atoms with van der Waals surface area (Å²) in [6.07, 6.45) is 14.8. The van der Waals surface area contributed by atoms with E-state index in [1.165, 1.54) is 48.8 Å². The summed E-state index contributed by atoms with van der Waals surface area (Å²) >= 11 is 1.75. The first-order valence-electron chi connectivity index (χ1n) is 19.0. The highest BCUT2D eigenvalue weighted by atomic mass is 32.2. The second kappa shape index (κ2) is 26.4. The van der Waals surface area contributed by atoms with Gasteiger partial charge in [-0.3, -0.25) is 5.01 Å². The van der Waals surface area contributed by atoms with Crippen LogP contribution in [0.2, 0.25) is 0 Å². The van der Waals surface area contributed by atoms with Gasteiger partial charge in [0.15, 0.2) is 0 Å². The summed E-state index contributed by atoms with van der Waals surface area (Å²) in [5.74, 6) is 2.00. The van der Waals surface area contributed by atoms with E-state index >= 15 is 0 Å². The lowest BCUT2D eigenvalue weighted by atomic mass is 9.96. The number of likely N-dealkylation sites (N-methyl/N-ethyl adjacent to an activating group) is 1. The molecule has 2 fully saturated rings. The van der Waals surface area contributed by atoms with Crippen LogP contribution in [0.5, 0.6) is 0 Å². The number of nitrogens with one attached hydrogen (secondary N) is 2. The number of rotatable bonds is 10. The van der Waals surface area contributed by atoms with Gasteiger partial charge in [-0.15, -0.1) is 0 Å². The molecule has 0 saturated carbocycles. The van der Waals surface area contributed by atoms with Crippen molar-refractivity contribution in [2.24, 2.45) is 5.92 Å². The maximum Gasteiger partial charge on any atom is 0.146 e. The Kier molecular flexibility index (Phi) is 25.1. The van der Waals surface area contributed by atoms with Crippen LogP contribution in [0.3, 0.4) is 0 Å². The number of benzene rings is 1. The Morgan fingerprint density at radius 3 is 2.14 bits per heavy atom. The summed E-state index contributed by atoms with van der Waals surface area (Å²) in [5.41, 5.74) is 6.96. The van der Waals surface area contributed by atoms with E-state index in [2.05, 4.69) is 137 Å². The Morgan fingerprint density at radius 2 is 1.65 bits per heavy atom. The van der Waals surface area contributed by atoms with Crippen molar-refractivity contribution < 1.29 is 0 Å². The van der Waals surface area contributed by atoms with Crippen LogP contribution in [-0.4, -0.2) is 79.0 Å². The van der Waals surface area contributed by atoms with Crippen LogP contribution in [0, 0.1) is 12.8 Å². The normalized spacial score (nSPS) is 16.9. The fraction of sp³-hybridized carbons (Fsp3) is 0.683. The molecule has 1 aromatic heterocycles. The van der Waals surface area contributed by atoms with Gasteiger partial charge in [-0.1, -0.05) is 91.5 Å². The third-order valence-corrected chi connectivity index (χ3v) is 8.71. The van der Waals surface area contributed by atoms with E-state index in [1.54, 1.807) is 11.8 Å². The van der Waals surface area contributed by atoms with Crippen molar-refractivity contribution >= 4 is 35.2 Å². The molecule has 3 heterocycles. The van der Waals surface area contributed by atoms with Gasteiger partial charge in [0, 0.05) is 69.0 Å². The zero-order valence-electron chi connectivity index (χ0n) is 34.5. The summed E-state index contributed by atoms with van der Waals surface area (Å²) in [7, 11) is 6.20. The van der Waals surface area contributed by atoms with Crippen LogP contribution in [0.1, 0.15) is 130 Å². The van der Waals surface area contributed by atoms with Crippen LogP contribution >= 0.6 is 11.8 Å². The topological polar surface area (TPSA) is 51.6 Å². The lowest BCUT2D eigenvalue weighted by molar-refractivity contribution is 0.226. The number of likely N-dealkylation sites (tertiary alicyclic amines) is 1. The first-order valence-corrected chi connectivity index (χ1v) is 20.6. The molecule has 2 unspecified atom stereocenters. The van der Waals surface area contributed by atoms with E-state index in [4.69, 9.17) is 5.10 Å². The summed E-state index contributed by atoms with van der Waals surface area (Å²) < 4.78 is 2.07. The first-order chi connectivity index (χ1) is 23.4. The number of unbranched alkanes of at least 4 members (excludes halogenated alkanes) is 1. The van der Waals surface area contributed by atoms with Crippen molar-refractivity contribution in [1.29, 1.82) is 0 Å². The molecule has 0 radical (unpaired) electrons. The van der Waals surface area contributed by atoms with Crippen molar-refractivity contribution in [2.45, 2.75) is 126 Å². The van der Waals surface area contributed by atoms with Gasteiger partial charge in [0.2, 0.25) is 0 Å². The van der Waals surface area contributed by atoms with Crippen LogP contribution in [0.15, 0.2) is 36.4 Å². The molecule has 2 aromatic rings. The lowest BCUT2D eigenvalue weighted by Crippen LogP contribution is -2.41. The highest BCUT2D eigenvalue weighted by molar-refractivity contribution is 7.97. The van der Waals surface area contributed by atoms with E-state index in [1.807, 2.05) is 33.4 Å². The maximum atomic E-state index is 5.15. The van der Waals surface area contributed by atoms with E-state index in [-0.39, 0.29) is 6.04 Å². The number of allylic oxidation sites excluding steroid dienone is 1. The zero-order chi connectivity index (χ0) is 37.5. The molecular weight excluding hydrogens is 623 g/mol. The number of aryl methyl sites for hydroxylation is 1. The molecule has 8 heteroatoms. The van der Waals surface area contributed by atoms with Crippen molar-refractivity contribution in [3.05, 3.63) is 53.2 Å². The molecule has 2 aliphatic rings. The SMILES string of the molecule is C=C(c1cc(C)ccc1NC)N1CCCCC1c1cc(N(C)N2CCC(NC)C2)n(C=C(C)C)n1.CC.CCC(C)C.CCCC.CSC. The van der Waals surface area contributed by atoms with Gasteiger partial charge < -0.3 is 15.5 Å². The zero-order valence-corrected chi connectivity index (χ0v) is 35.4. The van der Waals surface area contributed by atoms with Gasteiger partial charge in [0.05, 0.1) is 11.7 Å². The molecule has 2 atom stereocenters. The number of hydrogen-bond donors (Lipinski definition) is 2. The standard InChI is InChI=1S/C28H43N7.C5H12.C4H10.C2H6S.C2H6/c1-20(2)18-35-28(32(7)33-15-13-23(19-33)29-5)17-26(31-35)27-10-8-9-14-34(27)22(4)24-16-21(3)11-12-25(24)30-6;1-4-5(2)3;1-3-4-2;1-3-2;1-2/h11-12,16-18,23,27,29-30H,4,8-10,13-15,19H2,1-3,5-7H3;5H,4H2,1-3H3;3-4H2,1-2H3;1-2H3;1-2H3. The monoisotopic (exact) mass is 700 g/mol. The lowest BCUT2D eigenvalue weighted by Gasteiger charge is -2.38. The first kappa shape index (κ1) is 46.6. The minimum Gasteiger partial charge on any atom is -0.388 e. The van der Waals surface area contributed by atoms with Crippen LogP contribution in [-0.2, 0) is 0 Å². The quantitative estimate of drug-likeness (QED) is 0.256. The molecule has 7 nitrogen and oxygen atoms in total. The molecule has 2 saturated heterocycles. The smallest absolute Gasteiger partial charge is 0.146 e. The minimum absolute atomic E-state index is 0.212. The number of piperidine rings is 1. The largest absolute Gasteiger partial charge is 0.388 e. The predicted octanol–water partition coefficient (Wildman–Crippen LogP) is 10.8. The Bertz CT molecular complexity index is 1180. The summed E-state index contributed by atoms with van der Waals surface area (Å²) in [4.78, 5) is 2.48. The van der Waals surface area contributed by atoms with Crippen LogP contribution in [0.4, 0.5) is 11.5 Å². The highest BCUT2D eigenvalue weighted by Crippen LogP contribution is 2.39. The molecule has 0 bridgehead atoms. The Morgan fingerprint density at radius 1 is 1.04 bits per heavy atom.